The quantitative estimate of drug-likeness (QED) is 0.429. The number of nitrogens with one attached hydrogen (secondary N) is 1. The molecule has 0 spiro atoms. The lowest BCUT2D eigenvalue weighted by Gasteiger charge is -2.24. The van der Waals surface area contributed by atoms with E-state index < -0.39 is 4.92 Å². The van der Waals surface area contributed by atoms with Crippen LogP contribution in [0.2, 0.25) is 0 Å². The van der Waals surface area contributed by atoms with Crippen molar-refractivity contribution in [3.63, 3.8) is 0 Å². The molecule has 1 heterocycles. The molecule has 1 aromatic heterocycles. The predicted molar refractivity (Wildman–Crippen MR) is 73.8 cm³/mol. The van der Waals surface area contributed by atoms with E-state index in [2.05, 4.69) is 15.4 Å². The van der Waals surface area contributed by atoms with E-state index in [1.165, 1.54) is 6.33 Å². The minimum atomic E-state index is -0.579. The molecule has 0 aliphatic carbocycles. The van der Waals surface area contributed by atoms with Crippen LogP contribution in [0.3, 0.4) is 0 Å². The number of hydrogen-bond acceptors (Lipinski definition) is 8. The molecule has 9 heteroatoms. The van der Waals surface area contributed by atoms with Gasteiger partial charge in [-0.05, 0) is 5.92 Å². The first-order chi connectivity index (χ1) is 9.51. The molecule has 0 unspecified atom stereocenters. The molecule has 0 radical (unpaired) electrons. The van der Waals surface area contributed by atoms with E-state index in [0.29, 0.717) is 13.1 Å². The fraction of sp³-hybridized carbons (Fsp3) is 0.545. The first kappa shape index (κ1) is 15.6. The number of rotatable bonds is 7. The molecule has 20 heavy (non-hydrogen) atoms. The van der Waals surface area contributed by atoms with E-state index >= 15 is 0 Å². The van der Waals surface area contributed by atoms with Crippen LogP contribution in [0.4, 0.5) is 17.3 Å². The minimum absolute atomic E-state index is 0.0503. The summed E-state index contributed by atoms with van der Waals surface area (Å²) < 4.78 is 0. The Balaban J connectivity index is 3.24. The molecule has 1 rings (SSSR count). The number of nitrogens with two attached hydrogens (primary N) is 1. The summed E-state index contributed by atoms with van der Waals surface area (Å²) in [5.74, 6) is 5.62. The standard InChI is InChI=1S/C11H17N7O2/c1-8(2)6-17(5-3-4-12)11-9(18(19)20)10(16-13)14-7-15-11/h7-8H,3,5-6,13H2,1-2H3,(H,14,15,16). The maximum absolute atomic E-state index is 11.2. The van der Waals surface area contributed by atoms with Crippen LogP contribution in [0, 0.1) is 27.4 Å². The average molecular weight is 279 g/mol. The van der Waals surface area contributed by atoms with Gasteiger partial charge in [0.15, 0.2) is 0 Å². The van der Waals surface area contributed by atoms with Gasteiger partial charge >= 0.3 is 5.69 Å². The van der Waals surface area contributed by atoms with Crippen LogP contribution in [-0.2, 0) is 0 Å². The van der Waals surface area contributed by atoms with E-state index in [-0.39, 0.29) is 29.7 Å². The number of nitro groups is 1. The van der Waals surface area contributed by atoms with E-state index in [1.807, 2.05) is 19.9 Å². The molecule has 0 saturated carbocycles. The summed E-state index contributed by atoms with van der Waals surface area (Å²) >= 11 is 0. The van der Waals surface area contributed by atoms with E-state index in [9.17, 15) is 10.1 Å². The number of aromatic nitrogens is 2. The third-order valence-electron chi connectivity index (χ3n) is 2.50. The lowest BCUT2D eigenvalue weighted by atomic mass is 10.2. The van der Waals surface area contributed by atoms with Crippen LogP contribution >= 0.6 is 0 Å². The molecule has 0 amide bonds. The molecule has 1 aromatic rings. The monoisotopic (exact) mass is 279 g/mol. The lowest BCUT2D eigenvalue weighted by Crippen LogP contribution is -2.30. The largest absolute Gasteiger partial charge is 0.354 e. The van der Waals surface area contributed by atoms with Gasteiger partial charge in [-0.15, -0.1) is 0 Å². The lowest BCUT2D eigenvalue weighted by molar-refractivity contribution is -0.383. The SMILES string of the molecule is CC(C)CN(CCC#N)c1ncnc(NN)c1[N+](=O)[O-]. The van der Waals surface area contributed by atoms with Gasteiger partial charge < -0.3 is 10.3 Å². The second-order valence-electron chi connectivity index (χ2n) is 4.54. The maximum atomic E-state index is 11.2. The number of nitrogen functional groups attached to an aromatic ring is 1. The van der Waals surface area contributed by atoms with Crippen LogP contribution in [0.1, 0.15) is 20.3 Å². The minimum Gasteiger partial charge on any atom is -0.349 e. The van der Waals surface area contributed by atoms with Gasteiger partial charge in [0.05, 0.1) is 17.4 Å². The van der Waals surface area contributed by atoms with Crippen LogP contribution < -0.4 is 16.2 Å². The van der Waals surface area contributed by atoms with Crippen molar-refractivity contribution in [1.82, 2.24) is 9.97 Å². The van der Waals surface area contributed by atoms with Crippen LogP contribution in [0.15, 0.2) is 6.33 Å². The zero-order valence-electron chi connectivity index (χ0n) is 11.4. The Morgan fingerprint density at radius 1 is 1.60 bits per heavy atom. The fourth-order valence-corrected chi connectivity index (χ4v) is 1.78. The molecule has 0 aliphatic heterocycles. The molecule has 9 nitrogen and oxygen atoms in total. The summed E-state index contributed by atoms with van der Waals surface area (Å²) in [4.78, 5) is 20.1. The summed E-state index contributed by atoms with van der Waals surface area (Å²) in [6.45, 7) is 4.86. The van der Waals surface area contributed by atoms with Gasteiger partial charge in [-0.2, -0.15) is 5.26 Å². The average Bonchev–Trinajstić information content (AvgIpc) is 2.41. The fourth-order valence-electron chi connectivity index (χ4n) is 1.78. The van der Waals surface area contributed by atoms with Crippen molar-refractivity contribution in [2.24, 2.45) is 11.8 Å². The Kier molecular flexibility index (Phi) is 5.61. The molecular weight excluding hydrogens is 262 g/mol. The van der Waals surface area contributed by atoms with Gasteiger partial charge in [-0.25, -0.2) is 15.8 Å². The highest BCUT2D eigenvalue weighted by Crippen LogP contribution is 2.31. The smallest absolute Gasteiger partial charge is 0.349 e. The molecule has 3 N–H and O–H groups in total. The van der Waals surface area contributed by atoms with Crippen molar-refractivity contribution in [3.8, 4) is 6.07 Å². The molecule has 0 aliphatic rings. The van der Waals surface area contributed by atoms with Crippen molar-refractivity contribution in [1.29, 1.82) is 5.26 Å². The number of nitriles is 1. The first-order valence-electron chi connectivity index (χ1n) is 6.09. The van der Waals surface area contributed by atoms with Gasteiger partial charge in [0, 0.05) is 13.1 Å². The Hall–Kier alpha value is -2.47. The third-order valence-corrected chi connectivity index (χ3v) is 2.50. The highest BCUT2D eigenvalue weighted by Gasteiger charge is 2.26. The zero-order valence-corrected chi connectivity index (χ0v) is 11.4. The first-order valence-corrected chi connectivity index (χ1v) is 6.09. The van der Waals surface area contributed by atoms with E-state index in [0.717, 1.165) is 0 Å². The van der Waals surface area contributed by atoms with E-state index in [1.54, 1.807) is 4.90 Å². The van der Waals surface area contributed by atoms with Crippen molar-refractivity contribution in [2.45, 2.75) is 20.3 Å². The molecular formula is C11H17N7O2. The summed E-state index contributed by atoms with van der Waals surface area (Å²) in [5, 5.41) is 19.9. The molecule has 0 fully saturated rings. The maximum Gasteiger partial charge on any atom is 0.354 e. The Morgan fingerprint density at radius 3 is 2.80 bits per heavy atom. The molecule has 0 aromatic carbocycles. The van der Waals surface area contributed by atoms with Gasteiger partial charge in [-0.3, -0.25) is 10.1 Å². The number of hydrazine groups is 1. The summed E-state index contributed by atoms with van der Waals surface area (Å²) in [6.07, 6.45) is 1.45. The third kappa shape index (κ3) is 3.76. The van der Waals surface area contributed by atoms with E-state index in [4.69, 9.17) is 11.1 Å². The normalized spacial score (nSPS) is 10.2. The van der Waals surface area contributed by atoms with Crippen LogP contribution in [-0.4, -0.2) is 28.0 Å². The van der Waals surface area contributed by atoms with Gasteiger partial charge in [0.2, 0.25) is 11.6 Å². The van der Waals surface area contributed by atoms with Gasteiger partial charge in [0.1, 0.15) is 6.33 Å². The zero-order chi connectivity index (χ0) is 15.1. The molecule has 0 bridgehead atoms. The number of anilines is 2. The topological polar surface area (TPSA) is 134 Å². The second kappa shape index (κ2) is 7.20. The van der Waals surface area contributed by atoms with Gasteiger partial charge in [0.25, 0.3) is 0 Å². The van der Waals surface area contributed by atoms with Crippen molar-refractivity contribution >= 4 is 17.3 Å². The summed E-state index contributed by atoms with van der Waals surface area (Å²) in [7, 11) is 0. The van der Waals surface area contributed by atoms with Crippen molar-refractivity contribution < 1.29 is 4.92 Å². The van der Waals surface area contributed by atoms with Gasteiger partial charge in [-0.1, -0.05) is 13.8 Å². The number of hydrogen-bond donors (Lipinski definition) is 2. The predicted octanol–water partition coefficient (Wildman–Crippen LogP) is 1.05. The molecule has 0 saturated heterocycles. The molecule has 0 atom stereocenters. The van der Waals surface area contributed by atoms with Crippen LogP contribution in [0.25, 0.3) is 0 Å². The number of nitrogens with zero attached hydrogens (tertiary/aromatic N) is 5. The van der Waals surface area contributed by atoms with Crippen molar-refractivity contribution in [3.05, 3.63) is 16.4 Å². The summed E-state index contributed by atoms with van der Waals surface area (Å²) in [6, 6.07) is 2.02. The van der Waals surface area contributed by atoms with Crippen LogP contribution in [0.5, 0.6) is 0 Å². The molecule has 108 valence electrons. The second-order valence-corrected chi connectivity index (χ2v) is 4.54. The highest BCUT2D eigenvalue weighted by atomic mass is 16.6. The summed E-state index contributed by atoms with van der Waals surface area (Å²) in [5.41, 5.74) is 1.91. The highest BCUT2D eigenvalue weighted by molar-refractivity contribution is 5.69. The Labute approximate surface area is 116 Å². The Bertz CT molecular complexity index is 512. The Morgan fingerprint density at radius 2 is 2.30 bits per heavy atom. The van der Waals surface area contributed by atoms with Crippen molar-refractivity contribution in [2.75, 3.05) is 23.4 Å².